The SMILES string of the molecule is COc1ccc(CNc2cc(Cl)nc(-n3ncc(C=O)c3C)n2)cc1. The largest absolute Gasteiger partial charge is 0.497 e. The van der Waals surface area contributed by atoms with Crippen molar-refractivity contribution in [1.29, 1.82) is 0 Å². The number of carbonyl (C=O) groups is 1. The van der Waals surface area contributed by atoms with Crippen LogP contribution in [0.5, 0.6) is 5.75 Å². The van der Waals surface area contributed by atoms with Crippen LogP contribution in [0.4, 0.5) is 5.82 Å². The number of hydrogen-bond acceptors (Lipinski definition) is 6. The van der Waals surface area contributed by atoms with Crippen molar-refractivity contribution in [2.75, 3.05) is 12.4 Å². The summed E-state index contributed by atoms with van der Waals surface area (Å²) < 4.78 is 6.62. The van der Waals surface area contributed by atoms with Gasteiger partial charge in [-0.3, -0.25) is 4.79 Å². The summed E-state index contributed by atoms with van der Waals surface area (Å²) in [6, 6.07) is 9.34. The van der Waals surface area contributed by atoms with Gasteiger partial charge >= 0.3 is 0 Å². The lowest BCUT2D eigenvalue weighted by atomic mass is 10.2. The van der Waals surface area contributed by atoms with Crippen LogP contribution in [0.25, 0.3) is 5.95 Å². The number of aldehydes is 1. The van der Waals surface area contributed by atoms with Crippen LogP contribution < -0.4 is 10.1 Å². The predicted molar refractivity (Wildman–Crippen MR) is 94.6 cm³/mol. The van der Waals surface area contributed by atoms with E-state index < -0.39 is 0 Å². The third kappa shape index (κ3) is 3.77. The molecule has 8 heteroatoms. The van der Waals surface area contributed by atoms with Crippen LogP contribution in [0.15, 0.2) is 36.5 Å². The highest BCUT2D eigenvalue weighted by Gasteiger charge is 2.12. The van der Waals surface area contributed by atoms with E-state index in [2.05, 4.69) is 20.4 Å². The number of halogens is 1. The maximum atomic E-state index is 11.0. The molecule has 3 aromatic rings. The summed E-state index contributed by atoms with van der Waals surface area (Å²) in [4.78, 5) is 19.6. The Balaban J connectivity index is 1.81. The second-order valence-electron chi connectivity index (χ2n) is 5.29. The van der Waals surface area contributed by atoms with Crippen LogP contribution in [-0.4, -0.2) is 33.1 Å². The summed E-state index contributed by atoms with van der Waals surface area (Å²) >= 11 is 6.10. The molecule has 0 aliphatic rings. The molecule has 0 amide bonds. The Kier molecular flexibility index (Phi) is 4.95. The number of ether oxygens (including phenoxy) is 1. The van der Waals surface area contributed by atoms with Crippen LogP contribution >= 0.6 is 11.6 Å². The van der Waals surface area contributed by atoms with Crippen molar-refractivity contribution in [3.63, 3.8) is 0 Å². The minimum atomic E-state index is 0.282. The van der Waals surface area contributed by atoms with Gasteiger partial charge in [0.2, 0.25) is 0 Å². The second-order valence-corrected chi connectivity index (χ2v) is 5.68. The highest BCUT2D eigenvalue weighted by atomic mass is 35.5. The maximum Gasteiger partial charge on any atom is 0.254 e. The fourth-order valence-electron chi connectivity index (χ4n) is 2.27. The first-order valence-electron chi connectivity index (χ1n) is 7.52. The molecule has 3 rings (SSSR count). The quantitative estimate of drug-likeness (QED) is 0.539. The Morgan fingerprint density at radius 2 is 2.04 bits per heavy atom. The number of carbonyl (C=O) groups excluding carboxylic acids is 1. The first kappa shape index (κ1) is 16.9. The van der Waals surface area contributed by atoms with E-state index in [0.29, 0.717) is 29.6 Å². The molecule has 1 aromatic carbocycles. The zero-order valence-electron chi connectivity index (χ0n) is 13.7. The molecule has 2 heterocycles. The molecule has 0 saturated heterocycles. The van der Waals surface area contributed by atoms with Gasteiger partial charge in [-0.15, -0.1) is 0 Å². The van der Waals surface area contributed by atoms with Crippen molar-refractivity contribution in [2.45, 2.75) is 13.5 Å². The van der Waals surface area contributed by atoms with Crippen molar-refractivity contribution < 1.29 is 9.53 Å². The molecule has 0 atom stereocenters. The Morgan fingerprint density at radius 3 is 2.68 bits per heavy atom. The molecular formula is C17H16ClN5O2. The summed E-state index contributed by atoms with van der Waals surface area (Å²) in [6.45, 7) is 2.33. The molecular weight excluding hydrogens is 342 g/mol. The smallest absolute Gasteiger partial charge is 0.254 e. The van der Waals surface area contributed by atoms with Gasteiger partial charge in [-0.1, -0.05) is 23.7 Å². The molecule has 0 spiro atoms. The molecule has 0 bridgehead atoms. The highest BCUT2D eigenvalue weighted by molar-refractivity contribution is 6.29. The van der Waals surface area contributed by atoms with Crippen LogP contribution in [0, 0.1) is 6.92 Å². The molecule has 1 N–H and O–H groups in total. The van der Waals surface area contributed by atoms with E-state index in [-0.39, 0.29) is 5.15 Å². The third-order valence-electron chi connectivity index (χ3n) is 3.68. The molecule has 2 aromatic heterocycles. The number of methoxy groups -OCH3 is 1. The third-order valence-corrected chi connectivity index (χ3v) is 3.87. The van der Waals surface area contributed by atoms with Crippen molar-refractivity contribution in [2.24, 2.45) is 0 Å². The van der Waals surface area contributed by atoms with Crippen LogP contribution in [0.3, 0.4) is 0 Å². The molecule has 0 fully saturated rings. The maximum absolute atomic E-state index is 11.0. The monoisotopic (exact) mass is 357 g/mol. The van der Waals surface area contributed by atoms with E-state index in [4.69, 9.17) is 16.3 Å². The van der Waals surface area contributed by atoms with Crippen molar-refractivity contribution in [1.82, 2.24) is 19.7 Å². The van der Waals surface area contributed by atoms with Gasteiger partial charge in [-0.2, -0.15) is 15.1 Å². The second kappa shape index (κ2) is 7.31. The van der Waals surface area contributed by atoms with Gasteiger partial charge in [-0.05, 0) is 24.6 Å². The highest BCUT2D eigenvalue weighted by Crippen LogP contribution is 2.17. The molecule has 0 aliphatic heterocycles. The predicted octanol–water partition coefficient (Wildman–Crippen LogP) is 3.06. The van der Waals surface area contributed by atoms with Gasteiger partial charge in [0.1, 0.15) is 16.7 Å². The molecule has 0 saturated carbocycles. The average molecular weight is 358 g/mol. The lowest BCUT2D eigenvalue weighted by Crippen LogP contribution is -2.09. The van der Waals surface area contributed by atoms with E-state index in [0.717, 1.165) is 17.6 Å². The first-order valence-corrected chi connectivity index (χ1v) is 7.90. The van der Waals surface area contributed by atoms with Gasteiger partial charge in [-0.25, -0.2) is 4.68 Å². The zero-order chi connectivity index (χ0) is 17.8. The van der Waals surface area contributed by atoms with E-state index in [9.17, 15) is 4.79 Å². The number of hydrogen-bond donors (Lipinski definition) is 1. The zero-order valence-corrected chi connectivity index (χ0v) is 14.5. The topological polar surface area (TPSA) is 81.9 Å². The Labute approximate surface area is 149 Å². The van der Waals surface area contributed by atoms with E-state index in [1.807, 2.05) is 24.3 Å². The number of anilines is 1. The number of nitrogens with one attached hydrogen (secondary N) is 1. The van der Waals surface area contributed by atoms with Gasteiger partial charge in [0.05, 0.1) is 24.6 Å². The molecule has 25 heavy (non-hydrogen) atoms. The summed E-state index contributed by atoms with van der Waals surface area (Å²) in [7, 11) is 1.63. The van der Waals surface area contributed by atoms with Crippen molar-refractivity contribution in [3.05, 3.63) is 58.5 Å². The number of rotatable bonds is 6. The summed E-state index contributed by atoms with van der Waals surface area (Å²) in [5, 5.41) is 7.62. The first-order chi connectivity index (χ1) is 12.1. The van der Waals surface area contributed by atoms with Crippen molar-refractivity contribution >= 4 is 23.7 Å². The number of aromatic nitrogens is 4. The fraction of sp³-hybridized carbons (Fsp3) is 0.176. The molecule has 7 nitrogen and oxygen atoms in total. The van der Waals surface area contributed by atoms with Gasteiger partial charge in [0, 0.05) is 12.6 Å². The standard InChI is InChI=1S/C17H16ClN5O2/c1-11-13(10-24)9-20-23(11)17-21-15(18)7-16(22-17)19-8-12-3-5-14(25-2)6-4-12/h3-7,9-10H,8H2,1-2H3,(H,19,21,22). The molecule has 128 valence electrons. The minimum Gasteiger partial charge on any atom is -0.497 e. The number of nitrogens with zero attached hydrogens (tertiary/aromatic N) is 4. The molecule has 0 unspecified atom stereocenters. The summed E-state index contributed by atoms with van der Waals surface area (Å²) in [5.74, 6) is 1.67. The summed E-state index contributed by atoms with van der Waals surface area (Å²) in [5.41, 5.74) is 2.20. The minimum absolute atomic E-state index is 0.282. The molecule has 0 radical (unpaired) electrons. The lowest BCUT2D eigenvalue weighted by molar-refractivity contribution is 0.112. The van der Waals surface area contributed by atoms with Gasteiger partial charge < -0.3 is 10.1 Å². The normalized spacial score (nSPS) is 10.5. The molecule has 0 aliphatic carbocycles. The Bertz CT molecular complexity index is 893. The van der Waals surface area contributed by atoms with E-state index >= 15 is 0 Å². The van der Waals surface area contributed by atoms with Crippen LogP contribution in [0.2, 0.25) is 5.15 Å². The van der Waals surface area contributed by atoms with Crippen molar-refractivity contribution in [3.8, 4) is 11.7 Å². The van der Waals surface area contributed by atoms with Crippen LogP contribution in [-0.2, 0) is 6.54 Å². The van der Waals surface area contributed by atoms with E-state index in [1.54, 1.807) is 20.1 Å². The number of benzene rings is 1. The van der Waals surface area contributed by atoms with Crippen LogP contribution in [0.1, 0.15) is 21.6 Å². The fourth-order valence-corrected chi connectivity index (χ4v) is 2.45. The average Bonchev–Trinajstić information content (AvgIpc) is 3.00. The Morgan fingerprint density at radius 1 is 1.28 bits per heavy atom. The van der Waals surface area contributed by atoms with Gasteiger partial charge in [0.15, 0.2) is 6.29 Å². The Hall–Kier alpha value is -2.93. The summed E-state index contributed by atoms with van der Waals surface area (Å²) in [6.07, 6.45) is 2.21. The van der Waals surface area contributed by atoms with Gasteiger partial charge in [0.25, 0.3) is 5.95 Å². The van der Waals surface area contributed by atoms with E-state index in [1.165, 1.54) is 10.9 Å². The lowest BCUT2D eigenvalue weighted by Gasteiger charge is -2.09.